The van der Waals surface area contributed by atoms with Crippen molar-refractivity contribution in [2.24, 2.45) is 0 Å². The molecule has 0 fully saturated rings. The lowest BCUT2D eigenvalue weighted by molar-refractivity contribution is -0.114. The Morgan fingerprint density at radius 3 is 2.20 bits per heavy atom. The zero-order valence-electron chi connectivity index (χ0n) is 11.3. The average molecular weight is 289 g/mol. The smallest absolute Gasteiger partial charge is 0.221 e. The number of carbonyl (C=O) groups is 1. The summed E-state index contributed by atoms with van der Waals surface area (Å²) in [5.41, 5.74) is 3.09. The van der Waals surface area contributed by atoms with Gasteiger partial charge in [0.05, 0.1) is 0 Å². The zero-order chi connectivity index (χ0) is 14.4. The van der Waals surface area contributed by atoms with Gasteiger partial charge in [-0.2, -0.15) is 0 Å². The molecule has 0 aliphatic heterocycles. The van der Waals surface area contributed by atoms with E-state index in [1.165, 1.54) is 12.5 Å². The molecular weight excluding hydrogens is 272 g/mol. The van der Waals surface area contributed by atoms with Crippen LogP contribution in [0, 0.1) is 0 Å². The highest BCUT2D eigenvalue weighted by Crippen LogP contribution is 2.14. The summed E-state index contributed by atoms with van der Waals surface area (Å²) in [6, 6.07) is 15.5. The molecule has 0 atom stereocenters. The maximum atomic E-state index is 10.9. The number of nitrogens with one attached hydrogen (secondary N) is 2. The first kappa shape index (κ1) is 14.4. The van der Waals surface area contributed by atoms with E-state index < -0.39 is 0 Å². The summed E-state index contributed by atoms with van der Waals surface area (Å²) >= 11 is 5.85. The van der Waals surface area contributed by atoms with Gasteiger partial charge in [0.1, 0.15) is 0 Å². The number of amides is 1. The molecule has 0 heterocycles. The first-order valence-electron chi connectivity index (χ1n) is 6.49. The van der Waals surface area contributed by atoms with Crippen molar-refractivity contribution < 1.29 is 4.79 Å². The van der Waals surface area contributed by atoms with Gasteiger partial charge in [-0.1, -0.05) is 23.7 Å². The van der Waals surface area contributed by atoms with E-state index >= 15 is 0 Å². The van der Waals surface area contributed by atoms with E-state index in [2.05, 4.69) is 10.6 Å². The number of halogens is 1. The molecule has 0 saturated heterocycles. The molecule has 1 amide bonds. The molecule has 0 aliphatic rings. The van der Waals surface area contributed by atoms with Crippen molar-refractivity contribution in [1.82, 2.24) is 0 Å². The van der Waals surface area contributed by atoms with Crippen LogP contribution in [0.1, 0.15) is 12.5 Å². The molecule has 2 rings (SSSR count). The van der Waals surface area contributed by atoms with Gasteiger partial charge in [0, 0.05) is 29.9 Å². The minimum atomic E-state index is -0.0616. The van der Waals surface area contributed by atoms with Crippen LogP contribution in [-0.2, 0) is 11.2 Å². The van der Waals surface area contributed by atoms with Crippen LogP contribution in [0.2, 0.25) is 5.02 Å². The van der Waals surface area contributed by atoms with Crippen LogP contribution in [-0.4, -0.2) is 12.5 Å². The number of anilines is 2. The largest absolute Gasteiger partial charge is 0.385 e. The van der Waals surface area contributed by atoms with E-state index in [9.17, 15) is 4.79 Å². The van der Waals surface area contributed by atoms with Crippen molar-refractivity contribution in [3.05, 3.63) is 59.1 Å². The van der Waals surface area contributed by atoms with E-state index in [0.29, 0.717) is 0 Å². The number of hydrogen-bond acceptors (Lipinski definition) is 2. The highest BCUT2D eigenvalue weighted by atomic mass is 35.5. The lowest BCUT2D eigenvalue weighted by Gasteiger charge is -2.08. The molecule has 0 aliphatic carbocycles. The quantitative estimate of drug-likeness (QED) is 0.874. The number of benzene rings is 2. The van der Waals surface area contributed by atoms with E-state index in [1.807, 2.05) is 48.5 Å². The minimum Gasteiger partial charge on any atom is -0.385 e. The maximum absolute atomic E-state index is 10.9. The molecule has 0 unspecified atom stereocenters. The van der Waals surface area contributed by atoms with Gasteiger partial charge in [-0.3, -0.25) is 4.79 Å². The number of rotatable bonds is 5. The van der Waals surface area contributed by atoms with Crippen molar-refractivity contribution in [3.8, 4) is 0 Å². The first-order valence-corrected chi connectivity index (χ1v) is 6.87. The van der Waals surface area contributed by atoms with Crippen LogP contribution < -0.4 is 10.6 Å². The fourth-order valence-electron chi connectivity index (χ4n) is 1.88. The molecule has 0 radical (unpaired) electrons. The summed E-state index contributed by atoms with van der Waals surface area (Å²) in [6.45, 7) is 2.35. The molecule has 20 heavy (non-hydrogen) atoms. The number of hydrogen-bond donors (Lipinski definition) is 2. The molecule has 2 N–H and O–H groups in total. The highest BCUT2D eigenvalue weighted by molar-refractivity contribution is 6.30. The van der Waals surface area contributed by atoms with Gasteiger partial charge in [-0.05, 0) is 48.4 Å². The number of carbonyl (C=O) groups excluding carboxylic acids is 1. The lowest BCUT2D eigenvalue weighted by Crippen LogP contribution is -2.07. The Hall–Kier alpha value is -2.00. The van der Waals surface area contributed by atoms with Crippen LogP contribution in [0.25, 0.3) is 0 Å². The molecule has 0 saturated carbocycles. The molecule has 0 aromatic heterocycles. The molecule has 2 aromatic rings. The van der Waals surface area contributed by atoms with Crippen molar-refractivity contribution in [2.75, 3.05) is 17.2 Å². The van der Waals surface area contributed by atoms with E-state index in [-0.39, 0.29) is 5.91 Å². The monoisotopic (exact) mass is 288 g/mol. The highest BCUT2D eigenvalue weighted by Gasteiger charge is 1.97. The Morgan fingerprint density at radius 2 is 1.60 bits per heavy atom. The minimum absolute atomic E-state index is 0.0616. The molecule has 4 heteroatoms. The van der Waals surface area contributed by atoms with Crippen molar-refractivity contribution in [1.29, 1.82) is 0 Å². The molecule has 3 nitrogen and oxygen atoms in total. The third kappa shape index (κ3) is 4.59. The van der Waals surface area contributed by atoms with Gasteiger partial charge in [0.15, 0.2) is 0 Å². The molecule has 0 bridgehead atoms. The zero-order valence-corrected chi connectivity index (χ0v) is 12.1. The fraction of sp³-hybridized carbons (Fsp3) is 0.188. The SMILES string of the molecule is CC(=O)Nc1ccc(NCCc2ccc(Cl)cc2)cc1. The third-order valence-corrected chi connectivity index (χ3v) is 3.11. The Balaban J connectivity index is 1.82. The topological polar surface area (TPSA) is 41.1 Å². The molecule has 0 spiro atoms. The van der Waals surface area contributed by atoms with Gasteiger partial charge in [0.2, 0.25) is 5.91 Å². The standard InChI is InChI=1S/C16H17ClN2O/c1-12(20)19-16-8-6-15(7-9-16)18-11-10-13-2-4-14(17)5-3-13/h2-9,18H,10-11H2,1H3,(H,19,20). The predicted octanol–water partition coefficient (Wildman–Crippen LogP) is 3.95. The summed E-state index contributed by atoms with van der Waals surface area (Å²) in [4.78, 5) is 10.9. The van der Waals surface area contributed by atoms with Gasteiger partial charge in [-0.25, -0.2) is 0 Å². The van der Waals surface area contributed by atoms with Gasteiger partial charge < -0.3 is 10.6 Å². The Bertz CT molecular complexity index is 564. The summed E-state index contributed by atoms with van der Waals surface area (Å²) < 4.78 is 0. The summed E-state index contributed by atoms with van der Waals surface area (Å²) in [7, 11) is 0. The van der Waals surface area contributed by atoms with Crippen molar-refractivity contribution in [2.45, 2.75) is 13.3 Å². The van der Waals surface area contributed by atoms with Crippen LogP contribution in [0.4, 0.5) is 11.4 Å². The lowest BCUT2D eigenvalue weighted by atomic mass is 10.1. The molecule has 2 aromatic carbocycles. The maximum Gasteiger partial charge on any atom is 0.221 e. The van der Waals surface area contributed by atoms with Crippen LogP contribution >= 0.6 is 11.6 Å². The van der Waals surface area contributed by atoms with E-state index in [4.69, 9.17) is 11.6 Å². The fourth-order valence-corrected chi connectivity index (χ4v) is 2.00. The molecular formula is C16H17ClN2O. The van der Waals surface area contributed by atoms with E-state index in [0.717, 1.165) is 29.4 Å². The third-order valence-electron chi connectivity index (χ3n) is 2.86. The average Bonchev–Trinajstić information content (AvgIpc) is 2.42. The molecule has 104 valence electrons. The Labute approximate surface area is 124 Å². The van der Waals surface area contributed by atoms with Crippen LogP contribution in [0.15, 0.2) is 48.5 Å². The Morgan fingerprint density at radius 1 is 1.00 bits per heavy atom. The Kier molecular flexibility index (Phi) is 5.02. The normalized spacial score (nSPS) is 10.1. The second kappa shape index (κ2) is 6.96. The second-order valence-corrected chi connectivity index (χ2v) is 5.00. The summed E-state index contributed by atoms with van der Waals surface area (Å²) in [6.07, 6.45) is 0.935. The van der Waals surface area contributed by atoms with Crippen molar-refractivity contribution in [3.63, 3.8) is 0 Å². The van der Waals surface area contributed by atoms with Gasteiger partial charge in [-0.15, -0.1) is 0 Å². The summed E-state index contributed by atoms with van der Waals surface area (Å²) in [5, 5.41) is 6.84. The van der Waals surface area contributed by atoms with Crippen LogP contribution in [0.5, 0.6) is 0 Å². The predicted molar refractivity (Wildman–Crippen MR) is 84.4 cm³/mol. The van der Waals surface area contributed by atoms with Gasteiger partial charge >= 0.3 is 0 Å². The van der Waals surface area contributed by atoms with Crippen LogP contribution in [0.3, 0.4) is 0 Å². The van der Waals surface area contributed by atoms with Crippen molar-refractivity contribution >= 4 is 28.9 Å². The van der Waals surface area contributed by atoms with Gasteiger partial charge in [0.25, 0.3) is 0 Å². The first-order chi connectivity index (χ1) is 9.63. The second-order valence-electron chi connectivity index (χ2n) is 4.56. The summed E-state index contributed by atoms with van der Waals surface area (Å²) in [5.74, 6) is -0.0616. The van der Waals surface area contributed by atoms with E-state index in [1.54, 1.807) is 0 Å².